The van der Waals surface area contributed by atoms with Gasteiger partial charge in [0, 0.05) is 12.5 Å². The molecule has 0 bridgehead atoms. The van der Waals surface area contributed by atoms with Crippen LogP contribution in [0.25, 0.3) is 0 Å². The molecular formula is C11H20N4O. The number of nitrogens with two attached hydrogens (primary N) is 1. The SMILES string of the molecule is CCC(C)(C)C(=O)Nc1c(N)c(C)nn1C. The number of rotatable bonds is 3. The highest BCUT2D eigenvalue weighted by Crippen LogP contribution is 2.26. The molecule has 0 aliphatic heterocycles. The highest BCUT2D eigenvalue weighted by molar-refractivity contribution is 5.96. The molecule has 3 N–H and O–H groups in total. The van der Waals surface area contributed by atoms with Crippen LogP contribution in [0.15, 0.2) is 0 Å². The Morgan fingerprint density at radius 3 is 2.50 bits per heavy atom. The van der Waals surface area contributed by atoms with Gasteiger partial charge in [-0.05, 0) is 13.3 Å². The van der Waals surface area contributed by atoms with Crippen molar-refractivity contribution in [1.29, 1.82) is 0 Å². The van der Waals surface area contributed by atoms with Gasteiger partial charge in [0.15, 0.2) is 5.82 Å². The third-order valence-corrected chi connectivity index (χ3v) is 3.00. The Labute approximate surface area is 96.0 Å². The van der Waals surface area contributed by atoms with E-state index in [0.717, 1.165) is 12.1 Å². The fraction of sp³-hybridized carbons (Fsp3) is 0.636. The van der Waals surface area contributed by atoms with Gasteiger partial charge in [0.2, 0.25) is 5.91 Å². The van der Waals surface area contributed by atoms with Crippen LogP contribution in [0, 0.1) is 12.3 Å². The van der Waals surface area contributed by atoms with E-state index < -0.39 is 5.41 Å². The summed E-state index contributed by atoms with van der Waals surface area (Å²) in [6.45, 7) is 7.61. The van der Waals surface area contributed by atoms with Crippen LogP contribution in [0.4, 0.5) is 11.5 Å². The Morgan fingerprint density at radius 2 is 2.12 bits per heavy atom. The largest absolute Gasteiger partial charge is 0.394 e. The van der Waals surface area contributed by atoms with Crippen molar-refractivity contribution < 1.29 is 4.79 Å². The molecular weight excluding hydrogens is 204 g/mol. The van der Waals surface area contributed by atoms with Gasteiger partial charge in [0.05, 0.1) is 11.4 Å². The molecule has 1 aromatic rings. The summed E-state index contributed by atoms with van der Waals surface area (Å²) >= 11 is 0. The van der Waals surface area contributed by atoms with Gasteiger partial charge in [-0.15, -0.1) is 0 Å². The molecule has 0 unspecified atom stereocenters. The Bertz CT molecular complexity index is 406. The molecule has 0 saturated heterocycles. The second-order valence-electron chi connectivity index (χ2n) is 4.66. The number of carbonyl (C=O) groups is 1. The van der Waals surface area contributed by atoms with Crippen molar-refractivity contribution in [2.24, 2.45) is 12.5 Å². The molecule has 0 fully saturated rings. The van der Waals surface area contributed by atoms with E-state index in [2.05, 4.69) is 10.4 Å². The van der Waals surface area contributed by atoms with Crippen molar-refractivity contribution in [3.63, 3.8) is 0 Å². The summed E-state index contributed by atoms with van der Waals surface area (Å²) < 4.78 is 1.59. The summed E-state index contributed by atoms with van der Waals surface area (Å²) in [4.78, 5) is 12.0. The predicted molar refractivity (Wildman–Crippen MR) is 65.1 cm³/mol. The lowest BCUT2D eigenvalue weighted by atomic mass is 9.89. The van der Waals surface area contributed by atoms with E-state index in [4.69, 9.17) is 5.73 Å². The quantitative estimate of drug-likeness (QED) is 0.820. The number of amides is 1. The molecule has 0 spiro atoms. The fourth-order valence-corrected chi connectivity index (χ4v) is 1.26. The van der Waals surface area contributed by atoms with Crippen molar-refractivity contribution in [3.05, 3.63) is 5.69 Å². The minimum Gasteiger partial charge on any atom is -0.394 e. The van der Waals surface area contributed by atoms with E-state index in [0.29, 0.717) is 11.5 Å². The Balaban J connectivity index is 2.94. The maximum atomic E-state index is 12.0. The average Bonchev–Trinajstić information content (AvgIpc) is 2.45. The van der Waals surface area contributed by atoms with Gasteiger partial charge >= 0.3 is 0 Å². The number of anilines is 2. The van der Waals surface area contributed by atoms with Crippen molar-refractivity contribution in [2.75, 3.05) is 11.1 Å². The topological polar surface area (TPSA) is 72.9 Å². The van der Waals surface area contributed by atoms with E-state index in [1.807, 2.05) is 27.7 Å². The molecule has 16 heavy (non-hydrogen) atoms. The molecule has 90 valence electrons. The number of carbonyl (C=O) groups excluding carboxylic acids is 1. The van der Waals surface area contributed by atoms with Crippen molar-refractivity contribution in [3.8, 4) is 0 Å². The molecule has 5 nitrogen and oxygen atoms in total. The van der Waals surface area contributed by atoms with Crippen LogP contribution in [-0.4, -0.2) is 15.7 Å². The molecule has 0 radical (unpaired) electrons. The average molecular weight is 224 g/mol. The van der Waals surface area contributed by atoms with Crippen LogP contribution < -0.4 is 11.1 Å². The summed E-state index contributed by atoms with van der Waals surface area (Å²) in [7, 11) is 1.76. The molecule has 0 aliphatic rings. The first-order valence-corrected chi connectivity index (χ1v) is 5.40. The molecule has 1 aromatic heterocycles. The van der Waals surface area contributed by atoms with Gasteiger partial charge in [-0.1, -0.05) is 20.8 Å². The normalized spacial score (nSPS) is 11.6. The van der Waals surface area contributed by atoms with Crippen molar-refractivity contribution >= 4 is 17.4 Å². The maximum absolute atomic E-state index is 12.0. The van der Waals surface area contributed by atoms with E-state index in [1.54, 1.807) is 11.7 Å². The fourth-order valence-electron chi connectivity index (χ4n) is 1.26. The lowest BCUT2D eigenvalue weighted by molar-refractivity contribution is -0.124. The maximum Gasteiger partial charge on any atom is 0.231 e. The second kappa shape index (κ2) is 4.15. The monoisotopic (exact) mass is 224 g/mol. The predicted octanol–water partition coefficient (Wildman–Crippen LogP) is 1.69. The second-order valence-corrected chi connectivity index (χ2v) is 4.66. The third-order valence-electron chi connectivity index (χ3n) is 3.00. The molecule has 1 heterocycles. The minimum absolute atomic E-state index is 0.0373. The molecule has 0 aliphatic carbocycles. The standard InChI is InChI=1S/C11H20N4O/c1-6-11(3,4)10(16)13-9-8(12)7(2)14-15(9)5/h6,12H2,1-5H3,(H,13,16). The van der Waals surface area contributed by atoms with Crippen molar-refractivity contribution in [2.45, 2.75) is 34.1 Å². The highest BCUT2D eigenvalue weighted by atomic mass is 16.2. The zero-order valence-corrected chi connectivity index (χ0v) is 10.6. The van der Waals surface area contributed by atoms with E-state index in [9.17, 15) is 4.79 Å². The first kappa shape index (κ1) is 12.5. The van der Waals surface area contributed by atoms with Crippen LogP contribution in [0.3, 0.4) is 0 Å². The minimum atomic E-state index is -0.398. The zero-order chi connectivity index (χ0) is 12.5. The number of hydrogen-bond acceptors (Lipinski definition) is 3. The Hall–Kier alpha value is -1.52. The van der Waals surface area contributed by atoms with Crippen LogP contribution in [0.1, 0.15) is 32.9 Å². The van der Waals surface area contributed by atoms with E-state index >= 15 is 0 Å². The van der Waals surface area contributed by atoms with Gasteiger partial charge in [-0.25, -0.2) is 0 Å². The molecule has 0 atom stereocenters. The lowest BCUT2D eigenvalue weighted by Gasteiger charge is -2.21. The van der Waals surface area contributed by atoms with E-state index in [1.165, 1.54) is 0 Å². The van der Waals surface area contributed by atoms with Gasteiger partial charge in [0.25, 0.3) is 0 Å². The molecule has 1 amide bonds. The van der Waals surface area contributed by atoms with Crippen molar-refractivity contribution in [1.82, 2.24) is 9.78 Å². The summed E-state index contributed by atoms with van der Waals surface area (Å²) in [5, 5.41) is 6.98. The van der Waals surface area contributed by atoms with Crippen LogP contribution in [0.5, 0.6) is 0 Å². The van der Waals surface area contributed by atoms with Crippen LogP contribution >= 0.6 is 0 Å². The van der Waals surface area contributed by atoms with Gasteiger partial charge < -0.3 is 11.1 Å². The first-order valence-electron chi connectivity index (χ1n) is 5.40. The lowest BCUT2D eigenvalue weighted by Crippen LogP contribution is -2.31. The summed E-state index contributed by atoms with van der Waals surface area (Å²) in [5.74, 6) is 0.536. The smallest absolute Gasteiger partial charge is 0.231 e. The number of nitrogens with one attached hydrogen (secondary N) is 1. The number of aryl methyl sites for hydroxylation is 2. The Morgan fingerprint density at radius 1 is 1.56 bits per heavy atom. The van der Waals surface area contributed by atoms with Crippen LogP contribution in [-0.2, 0) is 11.8 Å². The van der Waals surface area contributed by atoms with E-state index in [-0.39, 0.29) is 5.91 Å². The number of aromatic nitrogens is 2. The molecule has 1 rings (SSSR count). The number of nitrogens with zero attached hydrogens (tertiary/aromatic N) is 2. The Kier molecular flexibility index (Phi) is 3.26. The summed E-state index contributed by atoms with van der Waals surface area (Å²) in [6, 6.07) is 0. The zero-order valence-electron chi connectivity index (χ0n) is 10.6. The molecule has 0 aromatic carbocycles. The number of nitrogen functional groups attached to an aromatic ring is 1. The van der Waals surface area contributed by atoms with Gasteiger partial charge in [-0.3, -0.25) is 9.48 Å². The molecule has 0 saturated carbocycles. The first-order chi connectivity index (χ1) is 7.29. The highest BCUT2D eigenvalue weighted by Gasteiger charge is 2.27. The van der Waals surface area contributed by atoms with Gasteiger partial charge in [-0.2, -0.15) is 5.10 Å². The summed E-state index contributed by atoms with van der Waals surface area (Å²) in [6.07, 6.45) is 0.773. The molecule has 5 heteroatoms. The number of hydrogen-bond donors (Lipinski definition) is 2. The van der Waals surface area contributed by atoms with Crippen LogP contribution in [0.2, 0.25) is 0 Å². The third kappa shape index (κ3) is 2.18. The summed E-state index contributed by atoms with van der Waals surface area (Å²) in [5.41, 5.74) is 6.70. The van der Waals surface area contributed by atoms with Gasteiger partial charge in [0.1, 0.15) is 0 Å².